The van der Waals surface area contributed by atoms with Crippen molar-refractivity contribution in [1.29, 1.82) is 0 Å². The second-order valence-electron chi connectivity index (χ2n) is 5.82. The van der Waals surface area contributed by atoms with Crippen LogP contribution in [0.5, 0.6) is 0 Å². The zero-order valence-corrected chi connectivity index (χ0v) is 15.8. The maximum absolute atomic E-state index is 12.0. The van der Waals surface area contributed by atoms with Gasteiger partial charge in [-0.3, -0.25) is 0 Å². The Labute approximate surface area is 149 Å². The monoisotopic (exact) mass is 382 g/mol. The molecule has 0 aliphatic carbocycles. The molecule has 0 saturated carbocycles. The summed E-state index contributed by atoms with van der Waals surface area (Å²) in [5, 5.41) is 8.14. The van der Waals surface area contributed by atoms with Crippen LogP contribution in [0, 0.1) is 0 Å². The van der Waals surface area contributed by atoms with Crippen LogP contribution in [0.3, 0.4) is 0 Å². The number of rotatable bonds is 7. The Hall–Kier alpha value is -1.90. The predicted molar refractivity (Wildman–Crippen MR) is 98.9 cm³/mol. The van der Waals surface area contributed by atoms with E-state index in [0.717, 1.165) is 24.3 Å². The Morgan fingerprint density at radius 1 is 0.960 bits per heavy atom. The van der Waals surface area contributed by atoms with Gasteiger partial charge in [0.25, 0.3) is 0 Å². The van der Waals surface area contributed by atoms with E-state index in [1.54, 1.807) is 0 Å². The highest BCUT2D eigenvalue weighted by molar-refractivity contribution is 7.91. The van der Waals surface area contributed by atoms with Gasteiger partial charge in [0.1, 0.15) is 0 Å². The quantitative estimate of drug-likeness (QED) is 0.761. The van der Waals surface area contributed by atoms with Gasteiger partial charge in [0.15, 0.2) is 9.84 Å². The molecule has 0 saturated heterocycles. The van der Waals surface area contributed by atoms with Crippen LogP contribution in [0.15, 0.2) is 52.3 Å². The molecule has 2 aromatic rings. The summed E-state index contributed by atoms with van der Waals surface area (Å²) in [6.45, 7) is 2.61. The van der Waals surface area contributed by atoms with Crippen LogP contribution < -0.4 is 10.5 Å². The minimum absolute atomic E-state index is 0.0830. The van der Waals surface area contributed by atoms with Crippen LogP contribution in [0.25, 0.3) is 0 Å². The zero-order valence-electron chi connectivity index (χ0n) is 14.2. The van der Waals surface area contributed by atoms with E-state index >= 15 is 0 Å². The number of nitrogens with two attached hydrogens (primary N) is 1. The van der Waals surface area contributed by atoms with E-state index in [2.05, 4.69) is 24.4 Å². The number of sulfone groups is 1. The summed E-state index contributed by atoms with van der Waals surface area (Å²) in [4.78, 5) is -0.311. The number of primary sulfonamides is 1. The fraction of sp³-hybridized carbons (Fsp3) is 0.294. The zero-order chi connectivity index (χ0) is 18.7. The molecule has 6 nitrogen and oxygen atoms in total. The van der Waals surface area contributed by atoms with Crippen molar-refractivity contribution in [3.05, 3.63) is 53.6 Å². The van der Waals surface area contributed by atoms with Crippen molar-refractivity contribution in [2.75, 3.05) is 18.1 Å². The number of aryl methyl sites for hydroxylation is 1. The van der Waals surface area contributed by atoms with E-state index in [-0.39, 0.29) is 9.79 Å². The Morgan fingerprint density at radius 2 is 1.56 bits per heavy atom. The molecule has 0 aliphatic heterocycles. The van der Waals surface area contributed by atoms with E-state index in [4.69, 9.17) is 5.14 Å². The number of anilines is 1. The number of benzene rings is 2. The minimum Gasteiger partial charge on any atom is -0.384 e. The highest BCUT2D eigenvalue weighted by atomic mass is 32.2. The van der Waals surface area contributed by atoms with E-state index in [9.17, 15) is 16.8 Å². The van der Waals surface area contributed by atoms with Gasteiger partial charge in [-0.1, -0.05) is 31.2 Å². The molecule has 8 heteroatoms. The third kappa shape index (κ3) is 5.29. The molecule has 2 rings (SSSR count). The van der Waals surface area contributed by atoms with Gasteiger partial charge in [-0.2, -0.15) is 0 Å². The lowest BCUT2D eigenvalue weighted by Crippen LogP contribution is -2.15. The molecule has 0 aromatic heterocycles. The van der Waals surface area contributed by atoms with E-state index in [1.165, 1.54) is 17.7 Å². The van der Waals surface area contributed by atoms with Gasteiger partial charge in [-0.25, -0.2) is 22.0 Å². The fourth-order valence-corrected chi connectivity index (χ4v) is 3.91. The second-order valence-corrected chi connectivity index (χ2v) is 9.37. The van der Waals surface area contributed by atoms with Crippen LogP contribution in [-0.2, 0) is 32.7 Å². The molecule has 0 spiro atoms. The molecule has 0 bridgehead atoms. The standard InChI is InChI=1S/C17H22N2O4S2/c1-3-13-4-6-14(7-5-13)10-11-19-16-9-8-15(25(18,22)23)12-17(16)24(2,20)21/h4-9,12,19H,3,10-11H2,1-2H3,(H2,18,22,23). The largest absolute Gasteiger partial charge is 0.384 e. The number of hydrogen-bond acceptors (Lipinski definition) is 5. The topological polar surface area (TPSA) is 106 Å². The van der Waals surface area contributed by atoms with Crippen LogP contribution in [0.1, 0.15) is 18.1 Å². The van der Waals surface area contributed by atoms with Crippen LogP contribution in [-0.4, -0.2) is 29.6 Å². The molecule has 0 aliphatic rings. The first-order valence-electron chi connectivity index (χ1n) is 7.80. The van der Waals surface area contributed by atoms with Crippen molar-refractivity contribution in [3.8, 4) is 0 Å². The Bertz CT molecular complexity index is 951. The summed E-state index contributed by atoms with van der Waals surface area (Å²) in [6.07, 6.45) is 2.72. The van der Waals surface area contributed by atoms with Crippen LogP contribution in [0.4, 0.5) is 5.69 Å². The van der Waals surface area contributed by atoms with Crippen molar-refractivity contribution in [2.24, 2.45) is 5.14 Å². The number of hydrogen-bond donors (Lipinski definition) is 2. The minimum atomic E-state index is -3.96. The van der Waals surface area contributed by atoms with Crippen molar-refractivity contribution >= 4 is 25.5 Å². The molecule has 0 amide bonds. The van der Waals surface area contributed by atoms with Gasteiger partial charge in [0.05, 0.1) is 15.5 Å². The summed E-state index contributed by atoms with van der Waals surface area (Å²) in [6, 6.07) is 12.0. The average Bonchev–Trinajstić information content (AvgIpc) is 2.54. The van der Waals surface area contributed by atoms with Gasteiger partial charge in [-0.15, -0.1) is 0 Å². The highest BCUT2D eigenvalue weighted by Crippen LogP contribution is 2.24. The third-order valence-corrected chi connectivity index (χ3v) is 5.89. The first-order chi connectivity index (χ1) is 11.6. The van der Waals surface area contributed by atoms with Crippen molar-refractivity contribution in [2.45, 2.75) is 29.6 Å². The molecule has 0 atom stereocenters. The summed E-state index contributed by atoms with van der Waals surface area (Å²) in [5.74, 6) is 0. The Kier molecular flexibility index (Phi) is 5.87. The second kappa shape index (κ2) is 7.55. The summed E-state index contributed by atoms with van der Waals surface area (Å²) in [7, 11) is -7.57. The predicted octanol–water partition coefficient (Wildman–Crippen LogP) is 1.95. The van der Waals surface area contributed by atoms with Crippen LogP contribution >= 0.6 is 0 Å². The highest BCUT2D eigenvalue weighted by Gasteiger charge is 2.18. The molecular formula is C17H22N2O4S2. The smallest absolute Gasteiger partial charge is 0.238 e. The molecule has 2 aromatic carbocycles. The summed E-state index contributed by atoms with van der Waals surface area (Å²) in [5.41, 5.74) is 2.75. The van der Waals surface area contributed by atoms with Gasteiger partial charge in [-0.05, 0) is 42.2 Å². The lowest BCUT2D eigenvalue weighted by atomic mass is 10.1. The molecular weight excluding hydrogens is 360 g/mol. The number of nitrogens with one attached hydrogen (secondary N) is 1. The summed E-state index contributed by atoms with van der Waals surface area (Å²) >= 11 is 0. The molecule has 3 N–H and O–H groups in total. The van der Waals surface area contributed by atoms with Gasteiger partial charge < -0.3 is 5.32 Å². The lowest BCUT2D eigenvalue weighted by molar-refractivity contribution is 0.597. The molecule has 0 fully saturated rings. The maximum atomic E-state index is 12.0. The van der Waals surface area contributed by atoms with Gasteiger partial charge in [0, 0.05) is 12.8 Å². The van der Waals surface area contributed by atoms with E-state index in [1.807, 2.05) is 12.1 Å². The third-order valence-electron chi connectivity index (χ3n) is 3.84. The first kappa shape index (κ1) is 19.4. The fourth-order valence-electron chi connectivity index (χ4n) is 2.42. The van der Waals surface area contributed by atoms with Crippen molar-refractivity contribution in [3.63, 3.8) is 0 Å². The number of sulfonamides is 1. The first-order valence-corrected chi connectivity index (χ1v) is 11.2. The van der Waals surface area contributed by atoms with E-state index < -0.39 is 19.9 Å². The normalized spacial score (nSPS) is 12.1. The molecule has 0 unspecified atom stereocenters. The van der Waals surface area contributed by atoms with Gasteiger partial charge in [0.2, 0.25) is 10.0 Å². The molecule has 0 heterocycles. The summed E-state index contributed by atoms with van der Waals surface area (Å²) < 4.78 is 46.8. The van der Waals surface area contributed by atoms with Crippen molar-refractivity contribution in [1.82, 2.24) is 0 Å². The Morgan fingerprint density at radius 3 is 2.08 bits per heavy atom. The van der Waals surface area contributed by atoms with Crippen LogP contribution in [0.2, 0.25) is 0 Å². The maximum Gasteiger partial charge on any atom is 0.238 e. The molecule has 0 radical (unpaired) electrons. The molecule has 136 valence electrons. The van der Waals surface area contributed by atoms with E-state index in [0.29, 0.717) is 18.7 Å². The Balaban J connectivity index is 2.18. The lowest BCUT2D eigenvalue weighted by Gasteiger charge is -2.12. The molecule has 25 heavy (non-hydrogen) atoms. The average molecular weight is 383 g/mol. The van der Waals surface area contributed by atoms with Gasteiger partial charge >= 0.3 is 0 Å². The van der Waals surface area contributed by atoms with Crippen molar-refractivity contribution < 1.29 is 16.8 Å². The SMILES string of the molecule is CCc1ccc(CCNc2ccc(S(N)(=O)=O)cc2S(C)(=O)=O)cc1.